The number of hydrogen-bond donors (Lipinski definition) is 1. The lowest BCUT2D eigenvalue weighted by atomic mass is 9.95. The van der Waals surface area contributed by atoms with E-state index in [1.54, 1.807) is 23.1 Å². The molecule has 0 saturated carbocycles. The van der Waals surface area contributed by atoms with Crippen molar-refractivity contribution in [2.75, 3.05) is 13.7 Å². The highest BCUT2D eigenvalue weighted by atomic mass is 32.1. The highest BCUT2D eigenvalue weighted by molar-refractivity contribution is 7.13. The van der Waals surface area contributed by atoms with Gasteiger partial charge in [0.15, 0.2) is 6.10 Å². The number of aromatic nitrogens is 2. The van der Waals surface area contributed by atoms with Crippen LogP contribution in [0, 0.1) is 0 Å². The van der Waals surface area contributed by atoms with Gasteiger partial charge in [-0.05, 0) is 47.5 Å². The molecule has 0 spiro atoms. The lowest BCUT2D eigenvalue weighted by molar-refractivity contribution is -0.151. The molecule has 0 aliphatic carbocycles. The van der Waals surface area contributed by atoms with Crippen LogP contribution >= 0.6 is 11.3 Å². The molecule has 2 aromatic heterocycles. The van der Waals surface area contributed by atoms with Gasteiger partial charge in [0, 0.05) is 12.6 Å². The number of carbonyl (C=O) groups is 1. The molecule has 1 atom stereocenters. The first-order chi connectivity index (χ1) is 13.1. The Labute approximate surface area is 161 Å². The number of aryl methyl sites for hydroxylation is 2. The lowest BCUT2D eigenvalue weighted by Gasteiger charge is -2.19. The average molecular weight is 384 g/mol. The van der Waals surface area contributed by atoms with Gasteiger partial charge < -0.3 is 14.6 Å². The zero-order valence-electron chi connectivity index (χ0n) is 15.1. The van der Waals surface area contributed by atoms with Crippen molar-refractivity contribution in [3.05, 3.63) is 47.0 Å². The zero-order valence-corrected chi connectivity index (χ0v) is 16.0. The Hall–Kier alpha value is -2.64. The predicted octanol–water partition coefficient (Wildman–Crippen LogP) is 3.35. The molecular formula is C20H20N2O4S. The van der Waals surface area contributed by atoms with Crippen LogP contribution < -0.4 is 4.74 Å². The van der Waals surface area contributed by atoms with Crippen LogP contribution in [-0.2, 0) is 23.0 Å². The maximum Gasteiger partial charge on any atom is 0.341 e. The van der Waals surface area contributed by atoms with Crippen molar-refractivity contribution in [2.45, 2.75) is 18.9 Å². The molecule has 27 heavy (non-hydrogen) atoms. The number of methoxy groups -OCH3 is 1. The summed E-state index contributed by atoms with van der Waals surface area (Å²) >= 11 is 1.56. The van der Waals surface area contributed by atoms with Gasteiger partial charge in [0.05, 0.1) is 24.3 Å². The Morgan fingerprint density at radius 3 is 3.00 bits per heavy atom. The Morgan fingerprint density at radius 2 is 2.26 bits per heavy atom. The Morgan fingerprint density at radius 1 is 1.41 bits per heavy atom. The Kier molecular flexibility index (Phi) is 4.72. The van der Waals surface area contributed by atoms with E-state index in [4.69, 9.17) is 9.47 Å². The molecule has 6 nitrogen and oxygen atoms in total. The quantitative estimate of drug-likeness (QED) is 0.699. The minimum Gasteiger partial charge on any atom is -0.493 e. The Balaban J connectivity index is 1.93. The lowest BCUT2D eigenvalue weighted by Crippen LogP contribution is -2.17. The van der Waals surface area contributed by atoms with Crippen molar-refractivity contribution in [3.8, 4) is 27.4 Å². The maximum absolute atomic E-state index is 12.0. The van der Waals surface area contributed by atoms with Crippen molar-refractivity contribution < 1.29 is 19.4 Å². The van der Waals surface area contributed by atoms with E-state index in [1.165, 1.54) is 7.11 Å². The third kappa shape index (κ3) is 3.13. The first-order valence-electron chi connectivity index (χ1n) is 8.73. The second-order valence-corrected chi connectivity index (χ2v) is 7.36. The molecule has 0 saturated heterocycles. The second-order valence-electron chi connectivity index (χ2n) is 6.41. The standard InChI is InChI=1S/C20H20N2O4S/c1-22-18(19(23)20(24)25-2)16(17(21-22)15-6-4-10-27-15)13-7-8-14-12(11-13)5-3-9-26-14/h4,6-8,10-11,19,23H,3,5,9H2,1-2H3. The fraction of sp³-hybridized carbons (Fsp3) is 0.300. The summed E-state index contributed by atoms with van der Waals surface area (Å²) in [6, 6.07) is 9.90. The van der Waals surface area contributed by atoms with Gasteiger partial charge in [-0.15, -0.1) is 11.3 Å². The van der Waals surface area contributed by atoms with Gasteiger partial charge in [-0.25, -0.2) is 4.79 Å². The number of hydrogen-bond acceptors (Lipinski definition) is 6. The van der Waals surface area contributed by atoms with Crippen LogP contribution in [0.2, 0.25) is 0 Å². The predicted molar refractivity (Wildman–Crippen MR) is 103 cm³/mol. The number of fused-ring (bicyclic) bond motifs is 1. The number of ether oxygens (including phenoxy) is 2. The van der Waals surface area contributed by atoms with Crippen LogP contribution in [0.3, 0.4) is 0 Å². The molecule has 7 heteroatoms. The third-order valence-electron chi connectivity index (χ3n) is 4.73. The molecular weight excluding hydrogens is 364 g/mol. The molecule has 140 valence electrons. The number of thiophene rings is 1. The van der Waals surface area contributed by atoms with E-state index in [2.05, 4.69) is 11.2 Å². The summed E-state index contributed by atoms with van der Waals surface area (Å²) in [6.07, 6.45) is 0.495. The molecule has 0 fully saturated rings. The molecule has 1 aliphatic heterocycles. The molecule has 1 N–H and O–H groups in total. The number of rotatable bonds is 4. The van der Waals surface area contributed by atoms with Gasteiger partial charge in [-0.1, -0.05) is 12.1 Å². The average Bonchev–Trinajstić information content (AvgIpc) is 3.34. The van der Waals surface area contributed by atoms with Gasteiger partial charge >= 0.3 is 5.97 Å². The van der Waals surface area contributed by atoms with E-state index in [1.807, 2.05) is 29.6 Å². The minimum absolute atomic E-state index is 0.418. The summed E-state index contributed by atoms with van der Waals surface area (Å²) < 4.78 is 12.0. The van der Waals surface area contributed by atoms with Gasteiger partial charge in [0.2, 0.25) is 0 Å². The largest absolute Gasteiger partial charge is 0.493 e. The van der Waals surface area contributed by atoms with Crippen LogP contribution in [0.1, 0.15) is 23.8 Å². The zero-order chi connectivity index (χ0) is 19.0. The summed E-state index contributed by atoms with van der Waals surface area (Å²) in [5, 5.41) is 17.2. The number of aliphatic hydroxyl groups excluding tert-OH is 1. The third-order valence-corrected chi connectivity index (χ3v) is 5.60. The van der Waals surface area contributed by atoms with Gasteiger partial charge in [0.1, 0.15) is 11.4 Å². The summed E-state index contributed by atoms with van der Waals surface area (Å²) in [4.78, 5) is 13.0. The van der Waals surface area contributed by atoms with Crippen molar-refractivity contribution in [1.82, 2.24) is 9.78 Å². The summed E-state index contributed by atoms with van der Waals surface area (Å²) in [5.74, 6) is 0.180. The van der Waals surface area contributed by atoms with Crippen molar-refractivity contribution in [3.63, 3.8) is 0 Å². The van der Waals surface area contributed by atoms with Crippen LogP contribution in [0.15, 0.2) is 35.7 Å². The second kappa shape index (κ2) is 7.17. The summed E-state index contributed by atoms with van der Waals surface area (Å²) in [6.45, 7) is 0.728. The first-order valence-corrected chi connectivity index (χ1v) is 9.61. The van der Waals surface area contributed by atoms with Gasteiger partial charge in [0.25, 0.3) is 0 Å². The maximum atomic E-state index is 12.0. The highest BCUT2D eigenvalue weighted by Gasteiger charge is 2.30. The molecule has 0 bridgehead atoms. The van der Waals surface area contributed by atoms with E-state index < -0.39 is 12.1 Å². The molecule has 0 amide bonds. The van der Waals surface area contributed by atoms with E-state index in [0.717, 1.165) is 52.5 Å². The monoisotopic (exact) mass is 384 g/mol. The molecule has 1 aromatic carbocycles. The fourth-order valence-corrected chi connectivity index (χ4v) is 4.18. The molecule has 3 aromatic rings. The highest BCUT2D eigenvalue weighted by Crippen LogP contribution is 2.41. The molecule has 0 radical (unpaired) electrons. The smallest absolute Gasteiger partial charge is 0.341 e. The van der Waals surface area contributed by atoms with E-state index >= 15 is 0 Å². The van der Waals surface area contributed by atoms with Crippen molar-refractivity contribution in [2.24, 2.45) is 7.05 Å². The molecule has 1 unspecified atom stereocenters. The van der Waals surface area contributed by atoms with Crippen LogP contribution in [0.4, 0.5) is 0 Å². The number of esters is 1. The van der Waals surface area contributed by atoms with Crippen molar-refractivity contribution in [1.29, 1.82) is 0 Å². The Bertz CT molecular complexity index is 978. The van der Waals surface area contributed by atoms with Crippen LogP contribution in [0.5, 0.6) is 5.75 Å². The normalized spacial score (nSPS) is 14.3. The number of aliphatic hydroxyl groups is 1. The summed E-state index contributed by atoms with van der Waals surface area (Å²) in [5.41, 5.74) is 3.92. The topological polar surface area (TPSA) is 73.6 Å². The van der Waals surface area contributed by atoms with Gasteiger partial charge in [-0.2, -0.15) is 5.10 Å². The SMILES string of the molecule is COC(=O)C(O)c1c(-c2ccc3c(c2)CCCO3)c(-c2cccs2)nn1C. The fourth-order valence-electron chi connectivity index (χ4n) is 3.46. The number of nitrogens with zero attached hydrogens (tertiary/aromatic N) is 2. The van der Waals surface area contributed by atoms with E-state index in [0.29, 0.717) is 5.69 Å². The molecule has 4 rings (SSSR count). The van der Waals surface area contributed by atoms with E-state index in [9.17, 15) is 9.90 Å². The minimum atomic E-state index is -1.41. The molecule has 1 aliphatic rings. The first kappa shape index (κ1) is 17.8. The van der Waals surface area contributed by atoms with Crippen LogP contribution in [0.25, 0.3) is 21.7 Å². The van der Waals surface area contributed by atoms with E-state index in [-0.39, 0.29) is 0 Å². The van der Waals surface area contributed by atoms with Crippen LogP contribution in [-0.4, -0.2) is 34.6 Å². The van der Waals surface area contributed by atoms with Gasteiger partial charge in [-0.3, -0.25) is 4.68 Å². The number of benzene rings is 1. The number of carbonyl (C=O) groups excluding carboxylic acids is 1. The molecule has 3 heterocycles. The van der Waals surface area contributed by atoms with Crippen molar-refractivity contribution >= 4 is 17.3 Å². The summed E-state index contributed by atoms with van der Waals surface area (Å²) in [7, 11) is 2.99.